The molecule has 0 aliphatic carbocycles. The van der Waals surface area contributed by atoms with E-state index in [9.17, 15) is 0 Å². The van der Waals surface area contributed by atoms with E-state index in [1.165, 1.54) is 0 Å². The highest BCUT2D eigenvalue weighted by Gasteiger charge is 2.47. The van der Waals surface area contributed by atoms with Crippen LogP contribution in [0.15, 0.2) is 231 Å². The molecule has 0 saturated heterocycles. The molecule has 0 unspecified atom stereocenters. The van der Waals surface area contributed by atoms with Crippen molar-refractivity contribution >= 4 is 56.8 Å². The topological polar surface area (TPSA) is 54.0 Å². The molecule has 0 saturated carbocycles. The zero-order valence-corrected chi connectivity index (χ0v) is 38.9. The van der Waals surface area contributed by atoms with Gasteiger partial charge in [0.25, 0.3) is 0 Å². The molecule has 10 aromatic carbocycles. The number of rotatable bonds is 4. The first-order valence-electron chi connectivity index (χ1n) is 22.4. The van der Waals surface area contributed by atoms with Crippen LogP contribution in [0.5, 0.6) is 46.0 Å². The summed E-state index contributed by atoms with van der Waals surface area (Å²) in [5.74, 6) is 5.73. The summed E-state index contributed by atoms with van der Waals surface area (Å²) < 4.78 is 40.6. The molecular weight excluding hydrogens is 907 g/mol. The van der Waals surface area contributed by atoms with Crippen molar-refractivity contribution < 1.29 is 23.5 Å². The summed E-state index contributed by atoms with van der Waals surface area (Å²) in [6.07, 6.45) is 0. The molecule has 0 N–H and O–H groups in total. The van der Waals surface area contributed by atoms with Crippen molar-refractivity contribution in [2.24, 2.45) is 0 Å². The van der Waals surface area contributed by atoms with E-state index in [0.29, 0.717) is 38.9 Å². The van der Waals surface area contributed by atoms with Crippen LogP contribution in [-0.4, -0.2) is 0 Å². The van der Waals surface area contributed by atoms with E-state index in [1.54, 1.807) is 0 Å². The van der Waals surface area contributed by atoms with Gasteiger partial charge in [-0.2, -0.15) is 0 Å². The largest absolute Gasteiger partial charge is 0.456 e. The second-order valence-electron chi connectivity index (χ2n) is 17.0. The van der Waals surface area contributed by atoms with Crippen molar-refractivity contribution in [3.8, 4) is 90.5 Å². The maximum Gasteiger partial charge on any atom is 0.185 e. The van der Waals surface area contributed by atoms with Crippen LogP contribution in [0.25, 0.3) is 44.5 Å². The van der Waals surface area contributed by atoms with Gasteiger partial charge in [-0.05, 0) is 117 Å². The van der Waals surface area contributed by atoms with Crippen LogP contribution in [0, 0.1) is 0 Å². The van der Waals surface area contributed by atoms with E-state index >= 15 is 4.57 Å². The van der Waals surface area contributed by atoms with Gasteiger partial charge in [0.1, 0.15) is 51.3 Å². The Kier molecular flexibility index (Phi) is 10.4. The average molecular weight is 949 g/mol. The molecule has 0 bridgehead atoms. The molecule has 69 heavy (non-hydrogen) atoms. The zero-order chi connectivity index (χ0) is 45.4. The van der Waals surface area contributed by atoms with Gasteiger partial charge in [-0.1, -0.05) is 177 Å². The van der Waals surface area contributed by atoms with Crippen LogP contribution in [0.1, 0.15) is 7.43 Å². The van der Waals surface area contributed by atoms with E-state index in [2.05, 4.69) is 109 Å². The number of hydrogen-bond acceptors (Lipinski definition) is 6. The maximum atomic E-state index is 15.3. The van der Waals surface area contributed by atoms with Crippen molar-refractivity contribution in [2.75, 3.05) is 0 Å². The SMILES string of the molecule is C.O=P12c3cc(-c4ccccc4)ccc3Oc3cccc(c31)Oc1ccc(-c3ccccc3)cc12.S=P12c3cc(-c4ccccc4)ccc3Oc3cccc(c31)Oc1ccc(-c3ccccc3)cc12. The van der Waals surface area contributed by atoms with Crippen LogP contribution in [0.4, 0.5) is 0 Å². The Balaban J connectivity index is 0.000000141. The molecule has 0 amide bonds. The smallest absolute Gasteiger partial charge is 0.185 e. The Bertz CT molecular complexity index is 3270. The maximum absolute atomic E-state index is 15.3. The molecule has 0 fully saturated rings. The van der Waals surface area contributed by atoms with Gasteiger partial charge in [-0.15, -0.1) is 0 Å². The Hall–Kier alpha value is -7.72. The Labute approximate surface area is 406 Å². The van der Waals surface area contributed by atoms with E-state index in [-0.39, 0.29) is 7.43 Å². The molecule has 4 heterocycles. The number of ether oxygens (including phenoxy) is 4. The molecule has 0 atom stereocenters. The molecule has 8 heteroatoms. The zero-order valence-electron chi connectivity index (χ0n) is 36.3. The van der Waals surface area contributed by atoms with Crippen molar-refractivity contribution in [3.05, 3.63) is 231 Å². The van der Waals surface area contributed by atoms with Crippen molar-refractivity contribution in [2.45, 2.75) is 7.43 Å². The lowest BCUT2D eigenvalue weighted by atomic mass is 10.1. The Morgan fingerprint density at radius 1 is 0.275 bits per heavy atom. The normalized spacial score (nSPS) is 13.9. The summed E-state index contributed by atoms with van der Waals surface area (Å²) in [5, 5.41) is 5.25. The van der Waals surface area contributed by atoms with Crippen LogP contribution in [-0.2, 0) is 16.4 Å². The minimum absolute atomic E-state index is 0. The second kappa shape index (κ2) is 16.8. The Morgan fingerprint density at radius 2 is 0.551 bits per heavy atom. The minimum Gasteiger partial charge on any atom is -0.456 e. The van der Waals surface area contributed by atoms with Crippen LogP contribution in [0.2, 0.25) is 0 Å². The fraction of sp³-hybridized carbons (Fsp3) is 0.0164. The quantitative estimate of drug-likeness (QED) is 0.164. The average Bonchev–Trinajstić information content (AvgIpc) is 3.40. The lowest BCUT2D eigenvalue weighted by Gasteiger charge is -2.37. The molecule has 0 radical (unpaired) electrons. The molecule has 4 aliphatic heterocycles. The molecule has 4 aliphatic rings. The highest BCUT2D eigenvalue weighted by atomic mass is 32.4. The molecular formula is C61H42O5P2S. The second-order valence-corrected chi connectivity index (χ2v) is 23.9. The van der Waals surface area contributed by atoms with Crippen molar-refractivity contribution in [1.29, 1.82) is 0 Å². The van der Waals surface area contributed by atoms with E-state index in [0.717, 1.165) is 83.4 Å². The summed E-state index contributed by atoms with van der Waals surface area (Å²) in [6.45, 7) is 0. The highest BCUT2D eigenvalue weighted by Crippen LogP contribution is 2.60. The molecule has 5 nitrogen and oxygen atoms in total. The minimum atomic E-state index is -3.26. The Morgan fingerprint density at radius 3 is 0.870 bits per heavy atom. The van der Waals surface area contributed by atoms with E-state index in [4.69, 9.17) is 30.8 Å². The van der Waals surface area contributed by atoms with Crippen molar-refractivity contribution in [1.82, 2.24) is 0 Å². The molecule has 0 aromatic heterocycles. The molecule has 14 rings (SSSR count). The number of hydrogen-bond donors (Lipinski definition) is 0. The van der Waals surface area contributed by atoms with Gasteiger partial charge in [-0.3, -0.25) is 0 Å². The van der Waals surface area contributed by atoms with Crippen LogP contribution >= 0.6 is 13.2 Å². The van der Waals surface area contributed by atoms with E-state index < -0.39 is 13.2 Å². The van der Waals surface area contributed by atoms with Gasteiger partial charge in [0.05, 0.1) is 22.0 Å². The first kappa shape index (κ1) is 42.6. The molecule has 10 aromatic rings. The summed E-state index contributed by atoms with van der Waals surface area (Å²) in [7, 11) is -3.26. The van der Waals surface area contributed by atoms with Crippen LogP contribution < -0.4 is 50.8 Å². The third kappa shape index (κ3) is 6.90. The predicted octanol–water partition coefficient (Wildman–Crippen LogP) is 14.5. The first-order chi connectivity index (χ1) is 33.4. The summed E-state index contributed by atoms with van der Waals surface area (Å²) >= 11 is 6.73. The van der Waals surface area contributed by atoms with Gasteiger partial charge in [0.2, 0.25) is 0 Å². The van der Waals surface area contributed by atoms with Gasteiger partial charge in [0.15, 0.2) is 7.14 Å². The third-order valence-electron chi connectivity index (χ3n) is 13.1. The first-order valence-corrected chi connectivity index (χ1v) is 26.9. The predicted molar refractivity (Wildman–Crippen MR) is 287 cm³/mol. The van der Waals surface area contributed by atoms with Crippen molar-refractivity contribution in [3.63, 3.8) is 0 Å². The fourth-order valence-corrected chi connectivity index (χ4v) is 17.4. The summed E-state index contributed by atoms with van der Waals surface area (Å²) in [6, 6.07) is 75.1. The number of fused-ring (bicyclic) bond motifs is 8. The molecule has 332 valence electrons. The van der Waals surface area contributed by atoms with Gasteiger partial charge in [-0.25, -0.2) is 0 Å². The standard InChI is InChI=1S/C30H19O3P.C30H19O2PS.CH4/c31-34-28-18-22(20-8-3-1-4-9-20)14-16-24(28)32-26-12-7-13-27(30(26)34)33-25-17-15-23(19-29(25)34)21-10-5-2-6-11-21;34-33-28-18-22(20-8-3-1-4-9-20)14-16-24(28)31-26-12-7-13-27(30(26)33)32-25-17-15-23(19-29(25)33)21-10-5-2-6-11-21;/h2*1-19H;1H4. The summed E-state index contributed by atoms with van der Waals surface area (Å²) in [4.78, 5) is 0. The van der Waals surface area contributed by atoms with Gasteiger partial charge >= 0.3 is 0 Å². The lowest BCUT2D eigenvalue weighted by molar-refractivity contribution is 0.461. The summed E-state index contributed by atoms with van der Waals surface area (Å²) in [5.41, 5.74) is 8.76. The third-order valence-corrected chi connectivity index (χ3v) is 21.0. The molecule has 0 spiro atoms. The van der Waals surface area contributed by atoms with E-state index in [1.807, 2.05) is 121 Å². The fourth-order valence-electron chi connectivity index (χ4n) is 9.81. The highest BCUT2D eigenvalue weighted by molar-refractivity contribution is 8.26. The van der Waals surface area contributed by atoms with Crippen LogP contribution in [0.3, 0.4) is 0 Å². The number of benzene rings is 10. The van der Waals surface area contributed by atoms with Gasteiger partial charge < -0.3 is 23.5 Å². The van der Waals surface area contributed by atoms with Gasteiger partial charge in [0, 0.05) is 10.6 Å². The lowest BCUT2D eigenvalue weighted by Crippen LogP contribution is -2.35. The monoisotopic (exact) mass is 948 g/mol.